The first-order valence-electron chi connectivity index (χ1n) is 10.2. The molecule has 0 N–H and O–H groups in total. The summed E-state index contributed by atoms with van der Waals surface area (Å²) in [7, 11) is 4.16. The first-order valence-corrected chi connectivity index (χ1v) is 12.0. The first-order chi connectivity index (χ1) is 15.1. The van der Waals surface area contributed by atoms with Crippen LogP contribution in [0.3, 0.4) is 0 Å². The quantitative estimate of drug-likeness (QED) is 0.318. The number of aromatic nitrogens is 5. The fourth-order valence-electron chi connectivity index (χ4n) is 3.43. The van der Waals surface area contributed by atoms with Crippen molar-refractivity contribution >= 4 is 23.1 Å². The maximum atomic E-state index is 5.94. The minimum absolute atomic E-state index is 0.0489. The fraction of sp³-hybridized carbons (Fsp3) is 0.364. The van der Waals surface area contributed by atoms with Crippen LogP contribution in [0.2, 0.25) is 0 Å². The zero-order valence-electron chi connectivity index (χ0n) is 18.1. The van der Waals surface area contributed by atoms with Crippen molar-refractivity contribution in [2.24, 2.45) is 0 Å². The minimum atomic E-state index is -0.0489. The van der Waals surface area contributed by atoms with Crippen LogP contribution in [0.15, 0.2) is 57.4 Å². The van der Waals surface area contributed by atoms with Gasteiger partial charge in [-0.1, -0.05) is 55.1 Å². The maximum Gasteiger partial charge on any atom is 0.257 e. The molecule has 0 saturated heterocycles. The lowest BCUT2D eigenvalue weighted by atomic mass is 10.2. The van der Waals surface area contributed by atoms with Crippen LogP contribution in [-0.4, -0.2) is 44.0 Å². The van der Waals surface area contributed by atoms with E-state index in [4.69, 9.17) is 4.42 Å². The summed E-state index contributed by atoms with van der Waals surface area (Å²) in [6, 6.07) is 14.6. The lowest BCUT2D eigenvalue weighted by Crippen LogP contribution is -2.23. The summed E-state index contributed by atoms with van der Waals surface area (Å²) >= 11 is 3.18. The molecule has 0 radical (unpaired) electrons. The molecular formula is C22H26N6OS2. The Morgan fingerprint density at radius 2 is 1.87 bits per heavy atom. The zero-order valence-corrected chi connectivity index (χ0v) is 19.7. The summed E-state index contributed by atoms with van der Waals surface area (Å²) in [5.74, 6) is 2.11. The topological polar surface area (TPSA) is 72.9 Å². The highest BCUT2D eigenvalue weighted by atomic mass is 32.2. The van der Waals surface area contributed by atoms with E-state index in [-0.39, 0.29) is 11.3 Å². The highest BCUT2D eigenvalue weighted by molar-refractivity contribution is 7.99. The van der Waals surface area contributed by atoms with Crippen molar-refractivity contribution in [3.63, 3.8) is 0 Å². The van der Waals surface area contributed by atoms with Gasteiger partial charge in [0.05, 0.1) is 22.7 Å². The molecule has 0 saturated carbocycles. The summed E-state index contributed by atoms with van der Waals surface area (Å²) < 4.78 is 8.15. The van der Waals surface area contributed by atoms with Crippen LogP contribution in [0, 0.1) is 0 Å². The third-order valence-corrected chi connectivity index (χ3v) is 6.97. The van der Waals surface area contributed by atoms with Gasteiger partial charge in [-0.15, -0.1) is 31.7 Å². The maximum absolute atomic E-state index is 5.94. The second-order valence-electron chi connectivity index (χ2n) is 7.48. The number of benzene rings is 1. The van der Waals surface area contributed by atoms with Gasteiger partial charge in [0, 0.05) is 0 Å². The SMILES string of the molecule is CC[C@@H](c1nnc(S[C@H](C)c2nnc(-c3cccs3)o2)n1Cc1ccccc1)N(C)C. The van der Waals surface area contributed by atoms with Crippen molar-refractivity contribution in [3.8, 4) is 10.8 Å². The van der Waals surface area contributed by atoms with Gasteiger partial charge in [-0.3, -0.25) is 4.90 Å². The molecule has 3 heterocycles. The Hall–Kier alpha value is -2.49. The lowest BCUT2D eigenvalue weighted by Gasteiger charge is -2.23. The molecule has 0 aliphatic carbocycles. The van der Waals surface area contributed by atoms with Gasteiger partial charge >= 0.3 is 0 Å². The van der Waals surface area contributed by atoms with Crippen molar-refractivity contribution in [1.82, 2.24) is 29.9 Å². The van der Waals surface area contributed by atoms with Gasteiger partial charge in [-0.05, 0) is 44.4 Å². The van der Waals surface area contributed by atoms with E-state index < -0.39 is 0 Å². The van der Waals surface area contributed by atoms with Crippen LogP contribution in [-0.2, 0) is 6.54 Å². The van der Waals surface area contributed by atoms with E-state index in [1.807, 2.05) is 23.6 Å². The Kier molecular flexibility index (Phi) is 6.84. The van der Waals surface area contributed by atoms with Gasteiger partial charge in [0.15, 0.2) is 11.0 Å². The van der Waals surface area contributed by atoms with E-state index in [1.54, 1.807) is 23.1 Å². The second kappa shape index (κ2) is 9.76. The van der Waals surface area contributed by atoms with Gasteiger partial charge in [-0.2, -0.15) is 0 Å². The van der Waals surface area contributed by atoms with E-state index in [1.165, 1.54) is 5.56 Å². The Labute approximate surface area is 190 Å². The van der Waals surface area contributed by atoms with Crippen molar-refractivity contribution < 1.29 is 4.42 Å². The number of hydrogen-bond donors (Lipinski definition) is 0. The van der Waals surface area contributed by atoms with Gasteiger partial charge in [-0.25, -0.2) is 0 Å². The first kappa shape index (κ1) is 21.7. The van der Waals surface area contributed by atoms with E-state index in [9.17, 15) is 0 Å². The summed E-state index contributed by atoms with van der Waals surface area (Å²) in [6.07, 6.45) is 0.952. The summed E-state index contributed by atoms with van der Waals surface area (Å²) in [4.78, 5) is 3.16. The summed E-state index contributed by atoms with van der Waals surface area (Å²) in [6.45, 7) is 4.94. The Morgan fingerprint density at radius 3 is 2.55 bits per heavy atom. The van der Waals surface area contributed by atoms with E-state index in [0.717, 1.165) is 22.3 Å². The number of nitrogens with zero attached hydrogens (tertiary/aromatic N) is 6. The van der Waals surface area contributed by atoms with Gasteiger partial charge < -0.3 is 8.98 Å². The van der Waals surface area contributed by atoms with Crippen LogP contribution >= 0.6 is 23.1 Å². The van der Waals surface area contributed by atoms with Crippen LogP contribution in [0.5, 0.6) is 0 Å². The molecule has 2 atom stereocenters. The molecule has 0 bridgehead atoms. The molecule has 0 spiro atoms. The average molecular weight is 455 g/mol. The zero-order chi connectivity index (χ0) is 21.8. The van der Waals surface area contributed by atoms with Crippen LogP contribution in [0.4, 0.5) is 0 Å². The molecule has 0 aliphatic heterocycles. The minimum Gasteiger partial charge on any atom is -0.419 e. The lowest BCUT2D eigenvalue weighted by molar-refractivity contribution is 0.272. The van der Waals surface area contributed by atoms with Crippen LogP contribution in [0.25, 0.3) is 10.8 Å². The van der Waals surface area contributed by atoms with Crippen LogP contribution in [0.1, 0.15) is 48.8 Å². The molecule has 0 fully saturated rings. The van der Waals surface area contributed by atoms with Crippen molar-refractivity contribution in [2.75, 3.05) is 14.1 Å². The molecule has 9 heteroatoms. The molecule has 31 heavy (non-hydrogen) atoms. The molecule has 162 valence electrons. The van der Waals surface area contributed by atoms with E-state index >= 15 is 0 Å². The number of hydrogen-bond acceptors (Lipinski definition) is 8. The highest BCUT2D eigenvalue weighted by Gasteiger charge is 2.25. The van der Waals surface area contributed by atoms with Crippen LogP contribution < -0.4 is 0 Å². The smallest absolute Gasteiger partial charge is 0.257 e. The summed E-state index contributed by atoms with van der Waals surface area (Å²) in [5, 5.41) is 20.4. The number of rotatable bonds is 9. The van der Waals surface area contributed by atoms with Gasteiger partial charge in [0.25, 0.3) is 5.89 Å². The van der Waals surface area contributed by atoms with Crippen molar-refractivity contribution in [2.45, 2.75) is 43.3 Å². The largest absolute Gasteiger partial charge is 0.419 e. The molecule has 3 aromatic heterocycles. The number of thiophene rings is 1. The second-order valence-corrected chi connectivity index (χ2v) is 9.74. The number of thioether (sulfide) groups is 1. The molecule has 1 aromatic carbocycles. The average Bonchev–Trinajstić information content (AvgIpc) is 3.51. The predicted molar refractivity (Wildman–Crippen MR) is 124 cm³/mol. The summed E-state index contributed by atoms with van der Waals surface area (Å²) in [5.41, 5.74) is 1.21. The normalized spacial score (nSPS) is 13.6. The Morgan fingerprint density at radius 1 is 1.06 bits per heavy atom. The molecule has 0 amide bonds. The van der Waals surface area contributed by atoms with Crippen molar-refractivity contribution in [1.29, 1.82) is 0 Å². The van der Waals surface area contributed by atoms with Gasteiger partial charge in [0.1, 0.15) is 0 Å². The van der Waals surface area contributed by atoms with Crippen molar-refractivity contribution in [3.05, 3.63) is 65.1 Å². The fourth-order valence-corrected chi connectivity index (χ4v) is 4.96. The standard InChI is InChI=1S/C22H26N6OS2/c1-5-17(27(3)4)19-23-26-22(28(19)14-16-10-7-6-8-11-16)31-15(2)20-24-25-21(29-20)18-12-9-13-30-18/h6-13,15,17H,5,14H2,1-4H3/t15-,17+/m1/s1. The predicted octanol–water partition coefficient (Wildman–Crippen LogP) is 5.30. The molecule has 0 unspecified atom stereocenters. The Balaban J connectivity index is 1.62. The van der Waals surface area contributed by atoms with E-state index in [0.29, 0.717) is 18.3 Å². The molecule has 0 aliphatic rings. The molecule has 4 aromatic rings. The Bertz CT molecular complexity index is 1090. The third-order valence-electron chi connectivity index (χ3n) is 5.04. The van der Waals surface area contributed by atoms with E-state index in [2.05, 4.69) is 82.1 Å². The molecule has 7 nitrogen and oxygen atoms in total. The molecule has 4 rings (SSSR count). The molecular weight excluding hydrogens is 428 g/mol. The van der Waals surface area contributed by atoms with Gasteiger partial charge in [0.2, 0.25) is 5.89 Å². The monoisotopic (exact) mass is 454 g/mol. The third kappa shape index (κ3) is 4.89. The highest BCUT2D eigenvalue weighted by Crippen LogP contribution is 2.36.